The molecular weight excluding hydrogens is 568 g/mol. The van der Waals surface area contributed by atoms with Gasteiger partial charge in [0.1, 0.15) is 23.9 Å². The monoisotopic (exact) mass is 606 g/mol. The Kier molecular flexibility index (Phi) is 9.05. The summed E-state index contributed by atoms with van der Waals surface area (Å²) >= 11 is 0. The number of carbonyl (C=O) groups excluding carboxylic acids is 1. The first kappa shape index (κ1) is 29.9. The third kappa shape index (κ3) is 6.67. The number of anilines is 1. The number of pyridine rings is 1. The maximum absolute atomic E-state index is 13.9. The number of rotatable bonds is 11. The second-order valence-corrected chi connectivity index (χ2v) is 11.0. The number of benzene rings is 3. The van der Waals surface area contributed by atoms with Crippen molar-refractivity contribution in [3.63, 3.8) is 0 Å². The third-order valence-corrected chi connectivity index (χ3v) is 8.35. The van der Waals surface area contributed by atoms with Crippen LogP contribution in [0.4, 0.5) is 5.69 Å². The van der Waals surface area contributed by atoms with Gasteiger partial charge in [-0.1, -0.05) is 30.3 Å². The molecule has 1 amide bonds. The zero-order valence-corrected chi connectivity index (χ0v) is 25.9. The van der Waals surface area contributed by atoms with Gasteiger partial charge in [0.15, 0.2) is 11.4 Å². The van der Waals surface area contributed by atoms with E-state index in [-0.39, 0.29) is 18.2 Å². The summed E-state index contributed by atoms with van der Waals surface area (Å²) in [6.45, 7) is 3.23. The van der Waals surface area contributed by atoms with Crippen molar-refractivity contribution in [2.24, 2.45) is 0 Å². The maximum atomic E-state index is 13.9. The first-order valence-corrected chi connectivity index (χ1v) is 15.1. The lowest BCUT2D eigenvalue weighted by atomic mass is 9.91. The van der Waals surface area contributed by atoms with Crippen LogP contribution < -0.4 is 23.8 Å². The second-order valence-electron chi connectivity index (χ2n) is 11.0. The van der Waals surface area contributed by atoms with Crippen LogP contribution in [0.15, 0.2) is 97.3 Å². The van der Waals surface area contributed by atoms with Crippen molar-refractivity contribution in [3.05, 3.63) is 114 Å². The smallest absolute Gasteiger partial charge is 0.223 e. The van der Waals surface area contributed by atoms with Gasteiger partial charge in [-0.2, -0.15) is 0 Å². The normalized spacial score (nSPS) is 13.8. The van der Waals surface area contributed by atoms with Gasteiger partial charge in [-0.3, -0.25) is 4.79 Å². The van der Waals surface area contributed by atoms with Crippen molar-refractivity contribution in [1.29, 1.82) is 0 Å². The minimum absolute atomic E-state index is 0.0857. The molecule has 9 nitrogen and oxygen atoms in total. The van der Waals surface area contributed by atoms with Gasteiger partial charge in [-0.15, -0.1) is 0 Å². The molecule has 0 radical (unpaired) electrons. The minimum Gasteiger partial charge on any atom is -0.497 e. The molecule has 1 saturated heterocycles. The SMILES string of the molecule is COc1ccc(N2CCN(C(=O)CC(c3cc(OC)cc(OC)c3)c3cnc4c(OCc5ccccc5)cccn34)CC2)cc1. The van der Waals surface area contributed by atoms with E-state index in [9.17, 15) is 4.79 Å². The van der Waals surface area contributed by atoms with Crippen molar-refractivity contribution in [2.45, 2.75) is 18.9 Å². The van der Waals surface area contributed by atoms with E-state index < -0.39 is 0 Å². The van der Waals surface area contributed by atoms with E-state index in [2.05, 4.69) is 17.0 Å². The Morgan fingerprint density at radius 3 is 2.16 bits per heavy atom. The predicted molar refractivity (Wildman–Crippen MR) is 174 cm³/mol. The van der Waals surface area contributed by atoms with E-state index in [4.69, 9.17) is 23.9 Å². The van der Waals surface area contributed by atoms with Crippen LogP contribution in [0.3, 0.4) is 0 Å². The highest BCUT2D eigenvalue weighted by Crippen LogP contribution is 2.36. The van der Waals surface area contributed by atoms with Gasteiger partial charge in [-0.05, 0) is 59.7 Å². The van der Waals surface area contributed by atoms with Crippen LogP contribution in [0.5, 0.6) is 23.0 Å². The highest BCUT2D eigenvalue weighted by molar-refractivity contribution is 5.78. The molecule has 1 unspecified atom stereocenters. The molecule has 45 heavy (non-hydrogen) atoms. The van der Waals surface area contributed by atoms with Gasteiger partial charge in [0.2, 0.25) is 5.91 Å². The molecule has 6 rings (SSSR count). The van der Waals surface area contributed by atoms with Crippen molar-refractivity contribution in [2.75, 3.05) is 52.4 Å². The Balaban J connectivity index is 1.26. The number of aromatic nitrogens is 2. The lowest BCUT2D eigenvalue weighted by Gasteiger charge is -2.36. The Bertz CT molecular complexity index is 1710. The number of hydrogen-bond donors (Lipinski definition) is 0. The van der Waals surface area contributed by atoms with Crippen molar-refractivity contribution in [3.8, 4) is 23.0 Å². The Labute approximate surface area is 263 Å². The molecule has 232 valence electrons. The molecule has 3 aromatic carbocycles. The van der Waals surface area contributed by atoms with Crippen LogP contribution in [0, 0.1) is 0 Å². The molecule has 5 aromatic rings. The summed E-state index contributed by atoms with van der Waals surface area (Å²) in [5.74, 6) is 2.61. The van der Waals surface area contributed by atoms with Gasteiger partial charge in [0.05, 0.1) is 27.0 Å². The van der Waals surface area contributed by atoms with Crippen LogP contribution >= 0.6 is 0 Å². The number of imidazole rings is 1. The van der Waals surface area contributed by atoms with E-state index >= 15 is 0 Å². The molecule has 0 N–H and O–H groups in total. The molecule has 0 aliphatic carbocycles. The molecule has 0 saturated carbocycles. The Hall–Kier alpha value is -5.18. The average Bonchev–Trinajstić information content (AvgIpc) is 3.54. The second kappa shape index (κ2) is 13.6. The van der Waals surface area contributed by atoms with E-state index in [0.717, 1.165) is 41.3 Å². The molecule has 1 aliphatic rings. The first-order valence-electron chi connectivity index (χ1n) is 15.1. The molecule has 2 aromatic heterocycles. The molecule has 1 atom stereocenters. The summed E-state index contributed by atoms with van der Waals surface area (Å²) in [7, 11) is 4.93. The number of hydrogen-bond acceptors (Lipinski definition) is 7. The maximum Gasteiger partial charge on any atom is 0.223 e. The van der Waals surface area contributed by atoms with E-state index in [1.807, 2.05) is 94.5 Å². The molecule has 0 bridgehead atoms. The number of ether oxygens (including phenoxy) is 4. The highest BCUT2D eigenvalue weighted by atomic mass is 16.5. The number of carbonyl (C=O) groups is 1. The average molecular weight is 607 g/mol. The van der Waals surface area contributed by atoms with E-state index in [1.165, 1.54) is 0 Å². The summed E-state index contributed by atoms with van der Waals surface area (Å²) in [4.78, 5) is 23.0. The van der Waals surface area contributed by atoms with Gasteiger partial charge >= 0.3 is 0 Å². The molecular formula is C36H38N4O5. The standard InChI is InChI=1S/C36H38N4O5/c1-42-29-13-11-28(12-14-29)38-16-18-39(19-17-38)35(41)23-32(27-20-30(43-2)22-31(21-27)44-3)33-24-37-36-34(10-7-15-40(33)36)45-25-26-8-5-4-6-9-26/h4-15,20-22,24,32H,16-19,23,25H2,1-3H3. The lowest BCUT2D eigenvalue weighted by Crippen LogP contribution is -2.49. The molecule has 1 aliphatic heterocycles. The number of piperazine rings is 1. The van der Waals surface area contributed by atoms with Crippen molar-refractivity contribution in [1.82, 2.24) is 14.3 Å². The van der Waals surface area contributed by atoms with Crippen molar-refractivity contribution < 1.29 is 23.7 Å². The van der Waals surface area contributed by atoms with Crippen LogP contribution in [0.2, 0.25) is 0 Å². The summed E-state index contributed by atoms with van der Waals surface area (Å²) in [6, 6.07) is 27.7. The van der Waals surface area contributed by atoms with Gasteiger partial charge in [-0.25, -0.2) is 4.98 Å². The fourth-order valence-electron chi connectivity index (χ4n) is 5.84. The number of methoxy groups -OCH3 is 3. The van der Waals surface area contributed by atoms with Gasteiger partial charge < -0.3 is 33.1 Å². The molecule has 9 heteroatoms. The Morgan fingerprint density at radius 1 is 0.800 bits per heavy atom. The summed E-state index contributed by atoms with van der Waals surface area (Å²) in [6.07, 6.45) is 4.08. The molecule has 3 heterocycles. The quantitative estimate of drug-likeness (QED) is 0.188. The van der Waals surface area contributed by atoms with E-state index in [1.54, 1.807) is 21.3 Å². The predicted octanol–water partition coefficient (Wildman–Crippen LogP) is 5.81. The van der Waals surface area contributed by atoms with Gasteiger partial charge in [0, 0.05) is 62.7 Å². The van der Waals surface area contributed by atoms with Crippen LogP contribution in [-0.4, -0.2) is 67.7 Å². The largest absolute Gasteiger partial charge is 0.497 e. The summed E-state index contributed by atoms with van der Waals surface area (Å²) in [5.41, 5.74) is 4.69. The zero-order valence-electron chi connectivity index (χ0n) is 25.9. The van der Waals surface area contributed by atoms with E-state index in [0.29, 0.717) is 42.6 Å². The topological polar surface area (TPSA) is 77.8 Å². The zero-order chi connectivity index (χ0) is 31.2. The molecule has 1 fully saturated rings. The summed E-state index contributed by atoms with van der Waals surface area (Å²) < 4.78 is 24.7. The Morgan fingerprint density at radius 2 is 1.49 bits per heavy atom. The number of nitrogens with zero attached hydrogens (tertiary/aromatic N) is 4. The number of fused-ring (bicyclic) bond motifs is 1. The summed E-state index contributed by atoms with van der Waals surface area (Å²) in [5, 5.41) is 0. The fraction of sp³-hybridized carbons (Fsp3) is 0.278. The third-order valence-electron chi connectivity index (χ3n) is 8.35. The highest BCUT2D eigenvalue weighted by Gasteiger charge is 2.28. The number of amides is 1. The molecule has 0 spiro atoms. The van der Waals surface area contributed by atoms with Gasteiger partial charge in [0.25, 0.3) is 0 Å². The van der Waals surface area contributed by atoms with Crippen LogP contribution in [-0.2, 0) is 11.4 Å². The minimum atomic E-state index is -0.305. The van der Waals surface area contributed by atoms with Crippen LogP contribution in [0.25, 0.3) is 5.65 Å². The van der Waals surface area contributed by atoms with Crippen molar-refractivity contribution >= 4 is 17.2 Å². The first-order chi connectivity index (χ1) is 22.1. The fourth-order valence-corrected chi connectivity index (χ4v) is 5.84. The lowest BCUT2D eigenvalue weighted by molar-refractivity contribution is -0.131. The van der Waals surface area contributed by atoms with Crippen LogP contribution in [0.1, 0.15) is 29.2 Å².